The van der Waals surface area contributed by atoms with Gasteiger partial charge < -0.3 is 9.64 Å². The molecule has 3 aromatic rings. The number of hydrogen-bond donors (Lipinski definition) is 0. The van der Waals surface area contributed by atoms with E-state index < -0.39 is 12.0 Å². The molecular formula is C24H22ClN3O3S. The minimum atomic E-state index is -0.644. The molecule has 1 atom stereocenters. The number of aromatic nitrogens is 1. The number of hydrogen-bond acceptors (Lipinski definition) is 6. The number of thiazole rings is 1. The molecule has 6 nitrogen and oxygen atoms in total. The highest BCUT2D eigenvalue weighted by atomic mass is 35.5. The third-order valence-corrected chi connectivity index (χ3v) is 6.55. The normalized spacial score (nSPS) is 15.9. The van der Waals surface area contributed by atoms with Crippen LogP contribution in [-0.4, -0.2) is 31.7 Å². The zero-order valence-corrected chi connectivity index (χ0v) is 19.7. The van der Waals surface area contributed by atoms with Gasteiger partial charge in [-0.15, -0.1) is 0 Å². The van der Waals surface area contributed by atoms with E-state index in [1.165, 1.54) is 18.4 Å². The van der Waals surface area contributed by atoms with Gasteiger partial charge in [-0.25, -0.2) is 9.79 Å². The molecule has 0 bridgehead atoms. The van der Waals surface area contributed by atoms with E-state index in [0.29, 0.717) is 25.6 Å². The van der Waals surface area contributed by atoms with E-state index in [4.69, 9.17) is 16.3 Å². The number of allylic oxidation sites excluding steroid dienone is 1. The van der Waals surface area contributed by atoms with Crippen LogP contribution < -0.4 is 19.8 Å². The number of carbonyl (C=O) groups is 1. The van der Waals surface area contributed by atoms with Gasteiger partial charge in [0.2, 0.25) is 0 Å². The van der Waals surface area contributed by atoms with Gasteiger partial charge >= 0.3 is 5.97 Å². The number of carbonyl (C=O) groups excluding carboxylic acids is 1. The number of ether oxygens (including phenoxy) is 1. The fourth-order valence-electron chi connectivity index (χ4n) is 3.67. The topological polar surface area (TPSA) is 63.9 Å². The van der Waals surface area contributed by atoms with Crippen molar-refractivity contribution in [1.82, 2.24) is 4.57 Å². The molecule has 4 rings (SSSR count). The highest BCUT2D eigenvalue weighted by Gasteiger charge is 2.33. The molecule has 1 aliphatic rings. The molecule has 8 heteroatoms. The molecule has 0 aliphatic carbocycles. The van der Waals surface area contributed by atoms with Crippen molar-refractivity contribution >= 4 is 40.7 Å². The number of rotatable bonds is 4. The third kappa shape index (κ3) is 4.01. The lowest BCUT2D eigenvalue weighted by Crippen LogP contribution is -2.39. The van der Waals surface area contributed by atoms with E-state index in [1.54, 1.807) is 23.6 Å². The standard InChI is InChI=1S/C24H22ClN3O3S/c1-14-20(23(30)31-4)21(16-7-9-17(25)10-8-16)28-22(29)19(32-24(28)26-14)13-15-5-11-18(12-6-15)27(2)3/h5-13,21H,1-4H3. The van der Waals surface area contributed by atoms with Crippen molar-refractivity contribution in [1.29, 1.82) is 0 Å². The number of methoxy groups -OCH3 is 1. The van der Waals surface area contributed by atoms with Crippen molar-refractivity contribution in [2.45, 2.75) is 13.0 Å². The zero-order chi connectivity index (χ0) is 23.0. The van der Waals surface area contributed by atoms with Crippen molar-refractivity contribution in [3.8, 4) is 0 Å². The van der Waals surface area contributed by atoms with Crippen molar-refractivity contribution in [3.63, 3.8) is 0 Å². The summed E-state index contributed by atoms with van der Waals surface area (Å²) in [4.78, 5) is 33.2. The summed E-state index contributed by atoms with van der Waals surface area (Å²) in [6.45, 7) is 1.76. The molecule has 1 aliphatic heterocycles. The minimum Gasteiger partial charge on any atom is -0.466 e. The molecule has 0 fully saturated rings. The van der Waals surface area contributed by atoms with E-state index in [-0.39, 0.29) is 5.56 Å². The summed E-state index contributed by atoms with van der Waals surface area (Å²) >= 11 is 7.36. The zero-order valence-electron chi connectivity index (χ0n) is 18.1. The van der Waals surface area contributed by atoms with Gasteiger partial charge in [-0.2, -0.15) is 0 Å². The summed E-state index contributed by atoms with van der Waals surface area (Å²) in [5, 5.41) is 0.572. The SMILES string of the molecule is COC(=O)C1=C(C)N=c2sc(=Cc3ccc(N(C)C)cc3)c(=O)n2C1c1ccc(Cl)cc1. The molecular weight excluding hydrogens is 446 g/mol. The summed E-state index contributed by atoms with van der Waals surface area (Å²) in [6, 6.07) is 14.4. The molecule has 1 unspecified atom stereocenters. The van der Waals surface area contributed by atoms with Gasteiger partial charge in [-0.1, -0.05) is 47.2 Å². The first-order valence-corrected chi connectivity index (χ1v) is 11.1. The van der Waals surface area contributed by atoms with Crippen LogP contribution in [0.5, 0.6) is 0 Å². The first-order chi connectivity index (χ1) is 15.3. The van der Waals surface area contributed by atoms with Gasteiger partial charge in [-0.05, 0) is 48.4 Å². The lowest BCUT2D eigenvalue weighted by Gasteiger charge is -2.24. The number of anilines is 1. The largest absolute Gasteiger partial charge is 0.466 e. The van der Waals surface area contributed by atoms with E-state index in [0.717, 1.165) is 16.8 Å². The maximum Gasteiger partial charge on any atom is 0.338 e. The fourth-order valence-corrected chi connectivity index (χ4v) is 4.85. The fraction of sp³-hybridized carbons (Fsp3) is 0.208. The molecule has 2 heterocycles. The lowest BCUT2D eigenvalue weighted by molar-refractivity contribution is -0.136. The maximum atomic E-state index is 13.5. The second-order valence-corrected chi connectivity index (χ2v) is 9.06. The van der Waals surface area contributed by atoms with Crippen LogP contribution in [0.4, 0.5) is 5.69 Å². The molecule has 0 spiro atoms. The first-order valence-electron chi connectivity index (χ1n) is 9.94. The number of esters is 1. The monoisotopic (exact) mass is 467 g/mol. The van der Waals surface area contributed by atoms with Crippen LogP contribution in [0, 0.1) is 0 Å². The molecule has 0 N–H and O–H groups in total. The Morgan fingerprint density at radius 3 is 2.41 bits per heavy atom. The Hall–Kier alpha value is -3.16. The molecule has 0 saturated carbocycles. The van der Waals surface area contributed by atoms with Crippen molar-refractivity contribution in [3.05, 3.63) is 95.6 Å². The summed E-state index contributed by atoms with van der Waals surface area (Å²) in [5.41, 5.74) is 3.40. The predicted octanol–water partition coefficient (Wildman–Crippen LogP) is 3.13. The predicted molar refractivity (Wildman–Crippen MR) is 128 cm³/mol. The molecule has 32 heavy (non-hydrogen) atoms. The van der Waals surface area contributed by atoms with Gasteiger partial charge in [0.05, 0.1) is 29.0 Å². The third-order valence-electron chi connectivity index (χ3n) is 5.32. The second-order valence-electron chi connectivity index (χ2n) is 7.61. The number of benzene rings is 2. The Morgan fingerprint density at radius 2 is 1.81 bits per heavy atom. The Kier molecular flexibility index (Phi) is 6.04. The Morgan fingerprint density at radius 1 is 1.16 bits per heavy atom. The van der Waals surface area contributed by atoms with Crippen molar-refractivity contribution < 1.29 is 9.53 Å². The van der Waals surface area contributed by atoms with Gasteiger partial charge in [0.1, 0.15) is 0 Å². The average molecular weight is 468 g/mol. The van der Waals surface area contributed by atoms with Crippen LogP contribution in [0.25, 0.3) is 6.08 Å². The number of fused-ring (bicyclic) bond motifs is 1. The second kappa shape index (κ2) is 8.76. The maximum absolute atomic E-state index is 13.5. The van der Waals surface area contributed by atoms with Crippen molar-refractivity contribution in [2.24, 2.45) is 4.99 Å². The van der Waals surface area contributed by atoms with Crippen LogP contribution in [0.2, 0.25) is 5.02 Å². The van der Waals surface area contributed by atoms with E-state index in [2.05, 4.69) is 4.99 Å². The quantitative estimate of drug-likeness (QED) is 0.553. The van der Waals surface area contributed by atoms with Gasteiger partial charge in [-0.3, -0.25) is 9.36 Å². The van der Waals surface area contributed by atoms with Crippen molar-refractivity contribution in [2.75, 3.05) is 26.1 Å². The molecule has 0 saturated heterocycles. The summed E-state index contributed by atoms with van der Waals surface area (Å²) in [6.07, 6.45) is 1.85. The first kappa shape index (κ1) is 22.0. The Bertz CT molecular complexity index is 1380. The Labute approximate surface area is 194 Å². The average Bonchev–Trinajstić information content (AvgIpc) is 3.08. The summed E-state index contributed by atoms with van der Waals surface area (Å²) < 4.78 is 7.12. The molecule has 0 amide bonds. The highest BCUT2D eigenvalue weighted by molar-refractivity contribution is 7.07. The smallest absolute Gasteiger partial charge is 0.338 e. The van der Waals surface area contributed by atoms with Crippen LogP contribution >= 0.6 is 22.9 Å². The molecule has 2 aromatic carbocycles. The van der Waals surface area contributed by atoms with Gasteiger partial charge in [0, 0.05) is 24.8 Å². The van der Waals surface area contributed by atoms with Gasteiger partial charge in [0.25, 0.3) is 5.56 Å². The van der Waals surface area contributed by atoms with Crippen LogP contribution in [-0.2, 0) is 9.53 Å². The lowest BCUT2D eigenvalue weighted by atomic mass is 9.96. The molecule has 1 aromatic heterocycles. The van der Waals surface area contributed by atoms with Crippen LogP contribution in [0.15, 0.2) is 69.6 Å². The number of nitrogens with zero attached hydrogens (tertiary/aromatic N) is 3. The van der Waals surface area contributed by atoms with Gasteiger partial charge in [0.15, 0.2) is 4.80 Å². The number of halogens is 1. The highest BCUT2D eigenvalue weighted by Crippen LogP contribution is 2.31. The minimum absolute atomic E-state index is 0.209. The van der Waals surface area contributed by atoms with Crippen LogP contribution in [0.1, 0.15) is 24.1 Å². The van der Waals surface area contributed by atoms with E-state index >= 15 is 0 Å². The molecule has 164 valence electrons. The van der Waals surface area contributed by atoms with E-state index in [9.17, 15) is 9.59 Å². The summed E-state index contributed by atoms with van der Waals surface area (Å²) in [7, 11) is 5.28. The Balaban J connectivity index is 1.91. The summed E-state index contributed by atoms with van der Waals surface area (Å²) in [5.74, 6) is -0.514. The van der Waals surface area contributed by atoms with Crippen LogP contribution in [0.3, 0.4) is 0 Å². The molecule has 0 radical (unpaired) electrons. The van der Waals surface area contributed by atoms with E-state index in [1.807, 2.05) is 61.5 Å².